The second-order valence-electron chi connectivity index (χ2n) is 10.8. The molecule has 39 heavy (non-hydrogen) atoms. The number of hydrogen-bond donors (Lipinski definition) is 2. The summed E-state index contributed by atoms with van der Waals surface area (Å²) in [7, 11) is 0. The Balaban J connectivity index is 1.20. The molecule has 1 saturated carbocycles. The Labute approximate surface area is 227 Å². The van der Waals surface area contributed by atoms with Crippen molar-refractivity contribution in [3.05, 3.63) is 36.2 Å². The smallest absolute Gasteiger partial charge is 0.296 e. The normalized spacial score (nSPS) is 23.0. The van der Waals surface area contributed by atoms with Gasteiger partial charge in [0.15, 0.2) is 5.82 Å². The summed E-state index contributed by atoms with van der Waals surface area (Å²) in [6.07, 6.45) is 4.03. The highest BCUT2D eigenvalue weighted by Gasteiger charge is 2.26. The Morgan fingerprint density at radius 3 is 2.31 bits per heavy atom. The number of nitrogens with zero attached hydrogens (tertiary/aromatic N) is 5. The summed E-state index contributed by atoms with van der Waals surface area (Å²) < 4.78 is 40.7. The minimum Gasteiger partial charge on any atom is -0.381 e. The quantitative estimate of drug-likeness (QED) is 0.436. The fourth-order valence-corrected chi connectivity index (χ4v) is 5.97. The van der Waals surface area contributed by atoms with E-state index < -0.39 is 6.43 Å². The maximum atomic E-state index is 14.1. The topological polar surface area (TPSA) is 89.4 Å². The van der Waals surface area contributed by atoms with Crippen LogP contribution < -0.4 is 15.5 Å². The average Bonchev–Trinajstić information content (AvgIpc) is 3.38. The summed E-state index contributed by atoms with van der Waals surface area (Å²) in [4.78, 5) is 15.9. The van der Waals surface area contributed by atoms with Crippen LogP contribution in [0.3, 0.4) is 0 Å². The molecule has 1 aliphatic carbocycles. The van der Waals surface area contributed by atoms with E-state index in [4.69, 9.17) is 19.4 Å². The molecule has 2 N–H and O–H groups in total. The second-order valence-corrected chi connectivity index (χ2v) is 10.8. The van der Waals surface area contributed by atoms with E-state index in [0.29, 0.717) is 72.9 Å². The molecule has 9 nitrogen and oxygen atoms in total. The molecule has 2 aliphatic heterocycles. The van der Waals surface area contributed by atoms with E-state index in [0.717, 1.165) is 58.3 Å². The van der Waals surface area contributed by atoms with Gasteiger partial charge < -0.3 is 25.0 Å². The second kappa shape index (κ2) is 12.1. The summed E-state index contributed by atoms with van der Waals surface area (Å²) in [5.74, 6) is 1.75. The SMILES string of the molecule is FC(F)c1nc2ccccc2n1-c1cc(N2CCOCC2)nc(NCC2CCC(NC3CCOCC3)CC2)n1. The average molecular weight is 542 g/mol. The molecule has 3 fully saturated rings. The van der Waals surface area contributed by atoms with Crippen LogP contribution in [0.25, 0.3) is 16.9 Å². The molecule has 1 aromatic carbocycles. The van der Waals surface area contributed by atoms with Gasteiger partial charge in [-0.3, -0.25) is 4.57 Å². The molecule has 2 aromatic heterocycles. The Bertz CT molecular complexity index is 1240. The number of alkyl halides is 2. The van der Waals surface area contributed by atoms with Gasteiger partial charge in [0.05, 0.1) is 24.2 Å². The molecule has 4 heterocycles. The number of rotatable bonds is 8. The van der Waals surface area contributed by atoms with Crippen LogP contribution in [0.15, 0.2) is 30.3 Å². The fraction of sp³-hybridized carbons (Fsp3) is 0.607. The molecular weight excluding hydrogens is 504 g/mol. The summed E-state index contributed by atoms with van der Waals surface area (Å²) in [5, 5.41) is 7.29. The van der Waals surface area contributed by atoms with Crippen molar-refractivity contribution in [2.45, 2.75) is 57.0 Å². The fourth-order valence-electron chi connectivity index (χ4n) is 5.97. The zero-order valence-electron chi connectivity index (χ0n) is 22.2. The van der Waals surface area contributed by atoms with Crippen molar-refractivity contribution in [2.75, 3.05) is 56.3 Å². The van der Waals surface area contributed by atoms with Gasteiger partial charge in [-0.05, 0) is 56.6 Å². The molecule has 11 heteroatoms. The Morgan fingerprint density at radius 2 is 1.54 bits per heavy atom. The van der Waals surface area contributed by atoms with Crippen LogP contribution in [0.1, 0.15) is 50.8 Å². The molecule has 210 valence electrons. The van der Waals surface area contributed by atoms with Gasteiger partial charge >= 0.3 is 0 Å². The molecule has 3 aromatic rings. The predicted octanol–water partition coefficient (Wildman–Crippen LogP) is 4.33. The maximum Gasteiger partial charge on any atom is 0.296 e. The number of para-hydroxylation sites is 2. The van der Waals surface area contributed by atoms with Crippen molar-refractivity contribution in [1.82, 2.24) is 24.8 Å². The summed E-state index contributed by atoms with van der Waals surface area (Å²) in [5.41, 5.74) is 1.11. The molecule has 0 unspecified atom stereocenters. The van der Waals surface area contributed by atoms with Gasteiger partial charge in [-0.1, -0.05) is 12.1 Å². The zero-order chi connectivity index (χ0) is 26.6. The number of halogens is 2. The highest BCUT2D eigenvalue weighted by Crippen LogP contribution is 2.30. The number of hydrogen-bond acceptors (Lipinski definition) is 8. The van der Waals surface area contributed by atoms with Crippen LogP contribution in [-0.4, -0.2) is 77.7 Å². The first-order chi connectivity index (χ1) is 19.1. The van der Waals surface area contributed by atoms with Crippen molar-refractivity contribution in [3.63, 3.8) is 0 Å². The van der Waals surface area contributed by atoms with E-state index in [1.165, 1.54) is 4.57 Å². The van der Waals surface area contributed by atoms with E-state index in [9.17, 15) is 8.78 Å². The van der Waals surface area contributed by atoms with Gasteiger partial charge in [-0.25, -0.2) is 13.8 Å². The van der Waals surface area contributed by atoms with Gasteiger partial charge in [0.1, 0.15) is 11.6 Å². The predicted molar refractivity (Wildman–Crippen MR) is 146 cm³/mol. The summed E-state index contributed by atoms with van der Waals surface area (Å²) in [6.45, 7) is 5.04. The molecule has 3 aliphatic rings. The molecular formula is C28H37F2N7O2. The third-order valence-corrected chi connectivity index (χ3v) is 8.13. The Hall–Kier alpha value is -2.89. The number of morpholine rings is 1. The third-order valence-electron chi connectivity index (χ3n) is 8.13. The number of imidazole rings is 1. The minimum absolute atomic E-state index is 0.316. The van der Waals surface area contributed by atoms with Gasteiger partial charge in [0.2, 0.25) is 5.95 Å². The number of aromatic nitrogens is 4. The van der Waals surface area contributed by atoms with Crippen LogP contribution in [0.5, 0.6) is 0 Å². The molecule has 0 atom stereocenters. The number of ether oxygens (including phenoxy) is 2. The minimum atomic E-state index is -2.74. The van der Waals surface area contributed by atoms with Gasteiger partial charge in [-0.15, -0.1) is 0 Å². The first-order valence-electron chi connectivity index (χ1n) is 14.2. The number of fused-ring (bicyclic) bond motifs is 1. The number of benzene rings is 1. The number of nitrogens with one attached hydrogen (secondary N) is 2. The standard InChI is InChI=1S/C28H37F2N7O2/c29-26(30)27-33-22-3-1-2-4-23(22)37(27)25-17-24(36-11-15-39-16-12-36)34-28(35-25)31-18-19-5-7-20(8-6-19)32-21-9-13-38-14-10-21/h1-4,17,19-21,26,32H,5-16,18H2,(H,31,34,35). The lowest BCUT2D eigenvalue weighted by atomic mass is 9.85. The van der Waals surface area contributed by atoms with Gasteiger partial charge in [0.25, 0.3) is 6.43 Å². The molecule has 6 rings (SSSR count). The van der Waals surface area contributed by atoms with E-state index in [2.05, 4.69) is 20.5 Å². The lowest BCUT2D eigenvalue weighted by Crippen LogP contribution is -2.43. The first-order valence-corrected chi connectivity index (χ1v) is 14.2. The lowest BCUT2D eigenvalue weighted by Gasteiger charge is -2.33. The largest absolute Gasteiger partial charge is 0.381 e. The highest BCUT2D eigenvalue weighted by atomic mass is 19.3. The van der Waals surface area contributed by atoms with Crippen LogP contribution in [-0.2, 0) is 9.47 Å². The zero-order valence-corrected chi connectivity index (χ0v) is 22.2. The highest BCUT2D eigenvalue weighted by molar-refractivity contribution is 5.78. The van der Waals surface area contributed by atoms with Crippen molar-refractivity contribution in [1.29, 1.82) is 0 Å². The maximum absolute atomic E-state index is 14.1. The van der Waals surface area contributed by atoms with Gasteiger partial charge in [-0.2, -0.15) is 9.97 Å². The van der Waals surface area contributed by atoms with E-state index in [-0.39, 0.29) is 5.82 Å². The molecule has 0 amide bonds. The van der Waals surface area contributed by atoms with Crippen molar-refractivity contribution >= 4 is 22.8 Å². The Morgan fingerprint density at radius 1 is 0.846 bits per heavy atom. The summed E-state index contributed by atoms with van der Waals surface area (Å²) in [6, 6.07) is 10.1. The molecule has 2 saturated heterocycles. The monoisotopic (exact) mass is 541 g/mol. The molecule has 0 radical (unpaired) electrons. The van der Waals surface area contributed by atoms with E-state index >= 15 is 0 Å². The van der Waals surface area contributed by atoms with Crippen LogP contribution in [0.2, 0.25) is 0 Å². The van der Waals surface area contributed by atoms with Crippen molar-refractivity contribution < 1.29 is 18.3 Å². The van der Waals surface area contributed by atoms with Crippen LogP contribution >= 0.6 is 0 Å². The first kappa shape index (κ1) is 26.3. The van der Waals surface area contributed by atoms with E-state index in [1.807, 2.05) is 6.07 Å². The van der Waals surface area contributed by atoms with E-state index in [1.54, 1.807) is 24.3 Å². The van der Waals surface area contributed by atoms with Gasteiger partial charge in [0, 0.05) is 51.0 Å². The summed E-state index contributed by atoms with van der Waals surface area (Å²) >= 11 is 0. The van der Waals surface area contributed by atoms with Crippen LogP contribution in [0, 0.1) is 5.92 Å². The Kier molecular flexibility index (Phi) is 8.17. The van der Waals surface area contributed by atoms with Crippen LogP contribution in [0.4, 0.5) is 20.5 Å². The molecule has 0 spiro atoms. The lowest BCUT2D eigenvalue weighted by molar-refractivity contribution is 0.0724. The van der Waals surface area contributed by atoms with Crippen molar-refractivity contribution in [3.8, 4) is 5.82 Å². The number of anilines is 2. The van der Waals surface area contributed by atoms with Crippen molar-refractivity contribution in [2.24, 2.45) is 5.92 Å². The molecule has 0 bridgehead atoms. The third kappa shape index (κ3) is 6.15.